The molecule has 0 saturated carbocycles. The molecule has 5 heteroatoms. The summed E-state index contributed by atoms with van der Waals surface area (Å²) in [5, 5.41) is 10.6. The number of hydrogen-bond donors (Lipinski definition) is 1. The molecule has 0 bridgehead atoms. The average molecular weight is 350 g/mol. The summed E-state index contributed by atoms with van der Waals surface area (Å²) in [6.45, 7) is 2.07. The normalized spacial score (nSPS) is 12.0. The van der Waals surface area contributed by atoms with Crippen LogP contribution in [0.15, 0.2) is 42.7 Å². The van der Waals surface area contributed by atoms with Crippen LogP contribution in [0.25, 0.3) is 11.1 Å². The molecule has 0 radical (unpaired) electrons. The number of allylic oxidation sites excluding steroid dienone is 1. The number of aliphatic carboxylic acids is 1. The zero-order valence-corrected chi connectivity index (χ0v) is 14.2. The molecule has 0 aliphatic heterocycles. The number of nitrogens with zero attached hydrogens (tertiary/aromatic N) is 1. The monoisotopic (exact) mass is 349 g/mol. The maximum atomic E-state index is 11.9. The summed E-state index contributed by atoms with van der Waals surface area (Å²) in [5.41, 5.74) is 2.20. The van der Waals surface area contributed by atoms with Gasteiger partial charge in [0.05, 0.1) is 10.6 Å². The van der Waals surface area contributed by atoms with Crippen molar-refractivity contribution in [3.8, 4) is 0 Å². The quantitative estimate of drug-likeness (QED) is 0.693. The van der Waals surface area contributed by atoms with Crippen LogP contribution in [-0.2, 0) is 4.79 Å². The second-order valence-electron chi connectivity index (χ2n) is 5.13. The lowest BCUT2D eigenvalue weighted by Crippen LogP contribution is -2.05. The van der Waals surface area contributed by atoms with E-state index in [1.807, 2.05) is 6.07 Å². The Balaban J connectivity index is 2.68. The van der Waals surface area contributed by atoms with Crippen molar-refractivity contribution in [1.29, 1.82) is 0 Å². The summed E-state index contributed by atoms with van der Waals surface area (Å²) in [6.07, 6.45) is 5.83. The molecule has 120 valence electrons. The molecule has 1 N–H and O–H groups in total. The first-order valence-corrected chi connectivity index (χ1v) is 8.12. The molecule has 0 unspecified atom stereocenters. The number of unbranched alkanes of at least 4 members (excludes halogenated alkanes) is 1. The summed E-state index contributed by atoms with van der Waals surface area (Å²) in [6, 6.07) is 8.51. The molecule has 2 rings (SSSR count). The van der Waals surface area contributed by atoms with Crippen molar-refractivity contribution in [2.24, 2.45) is 0 Å². The van der Waals surface area contributed by atoms with Crippen molar-refractivity contribution >= 4 is 40.3 Å². The smallest absolute Gasteiger partial charge is 0.336 e. The first-order valence-electron chi connectivity index (χ1n) is 7.36. The number of carboxylic acids is 1. The number of aromatic nitrogens is 1. The average Bonchev–Trinajstić information content (AvgIpc) is 2.53. The summed E-state index contributed by atoms with van der Waals surface area (Å²) >= 11 is 12.2. The molecule has 1 aromatic carbocycles. The predicted molar refractivity (Wildman–Crippen MR) is 94.7 cm³/mol. The van der Waals surface area contributed by atoms with E-state index >= 15 is 0 Å². The topological polar surface area (TPSA) is 50.2 Å². The lowest BCUT2D eigenvalue weighted by molar-refractivity contribution is -0.130. The van der Waals surface area contributed by atoms with E-state index in [1.165, 1.54) is 0 Å². The van der Waals surface area contributed by atoms with E-state index in [0.29, 0.717) is 22.0 Å². The van der Waals surface area contributed by atoms with Gasteiger partial charge < -0.3 is 5.11 Å². The third-order valence-electron chi connectivity index (χ3n) is 3.51. The van der Waals surface area contributed by atoms with Crippen LogP contribution >= 0.6 is 23.2 Å². The Morgan fingerprint density at radius 1 is 1.26 bits per heavy atom. The Morgan fingerprint density at radius 3 is 2.61 bits per heavy atom. The molecule has 0 amide bonds. The highest BCUT2D eigenvalue weighted by molar-refractivity contribution is 6.38. The lowest BCUT2D eigenvalue weighted by atomic mass is 9.92. The Morgan fingerprint density at radius 2 is 2.04 bits per heavy atom. The predicted octanol–water partition coefficient (Wildman–Crippen LogP) is 5.57. The van der Waals surface area contributed by atoms with Gasteiger partial charge in [0.2, 0.25) is 0 Å². The Labute approximate surface area is 145 Å². The first kappa shape index (κ1) is 17.5. The van der Waals surface area contributed by atoms with Gasteiger partial charge in [-0.2, -0.15) is 0 Å². The number of halogens is 2. The van der Waals surface area contributed by atoms with Crippen molar-refractivity contribution in [3.63, 3.8) is 0 Å². The van der Waals surface area contributed by atoms with Crippen LogP contribution in [0.2, 0.25) is 10.0 Å². The van der Waals surface area contributed by atoms with Crippen LogP contribution < -0.4 is 0 Å². The summed E-state index contributed by atoms with van der Waals surface area (Å²) in [5.74, 6) is -1.01. The van der Waals surface area contributed by atoms with Crippen molar-refractivity contribution in [2.75, 3.05) is 0 Å². The van der Waals surface area contributed by atoms with Gasteiger partial charge in [-0.3, -0.25) is 4.98 Å². The fraction of sp³-hybridized carbons (Fsp3) is 0.222. The SMILES string of the molecule is CCCCC(=C(C(=O)O)c1ccc(Cl)cc1Cl)c1cccnc1. The Bertz CT molecular complexity index is 727. The number of hydrogen-bond acceptors (Lipinski definition) is 2. The fourth-order valence-electron chi connectivity index (χ4n) is 2.41. The molecule has 0 saturated heterocycles. The third kappa shape index (κ3) is 4.34. The first-order chi connectivity index (χ1) is 11.0. The highest BCUT2D eigenvalue weighted by Gasteiger charge is 2.20. The van der Waals surface area contributed by atoms with Crippen LogP contribution in [0.1, 0.15) is 37.3 Å². The molecular weight excluding hydrogens is 333 g/mol. The zero-order valence-electron chi connectivity index (χ0n) is 12.7. The highest BCUT2D eigenvalue weighted by Crippen LogP contribution is 2.35. The Hall–Kier alpha value is -1.84. The maximum absolute atomic E-state index is 11.9. The van der Waals surface area contributed by atoms with Crippen LogP contribution in [0.4, 0.5) is 0 Å². The Kier molecular flexibility index (Phi) is 6.20. The van der Waals surface area contributed by atoms with Crippen molar-refractivity contribution < 1.29 is 9.90 Å². The zero-order chi connectivity index (χ0) is 16.8. The number of carbonyl (C=O) groups is 1. The van der Waals surface area contributed by atoms with Gasteiger partial charge in [-0.05, 0) is 42.2 Å². The minimum absolute atomic E-state index is 0.202. The van der Waals surface area contributed by atoms with E-state index in [1.54, 1.807) is 36.7 Å². The summed E-state index contributed by atoms with van der Waals surface area (Å²) < 4.78 is 0. The molecule has 3 nitrogen and oxygen atoms in total. The number of pyridine rings is 1. The highest BCUT2D eigenvalue weighted by atomic mass is 35.5. The van der Waals surface area contributed by atoms with Gasteiger partial charge in [0, 0.05) is 23.0 Å². The van der Waals surface area contributed by atoms with Gasteiger partial charge in [0.1, 0.15) is 0 Å². The standard InChI is InChI=1S/C18H17Cl2NO2/c1-2-3-6-14(12-5-4-9-21-11-12)17(18(22)23)15-8-7-13(19)10-16(15)20/h4-5,7-11H,2-3,6H2,1H3,(H,22,23). The second kappa shape index (κ2) is 8.14. The molecule has 0 aliphatic carbocycles. The van der Waals surface area contributed by atoms with Gasteiger partial charge in [0.15, 0.2) is 0 Å². The van der Waals surface area contributed by atoms with Crippen molar-refractivity contribution in [3.05, 3.63) is 63.9 Å². The van der Waals surface area contributed by atoms with E-state index in [0.717, 1.165) is 24.0 Å². The number of benzene rings is 1. The number of rotatable bonds is 6. The van der Waals surface area contributed by atoms with E-state index in [2.05, 4.69) is 11.9 Å². The fourth-order valence-corrected chi connectivity index (χ4v) is 2.91. The van der Waals surface area contributed by atoms with E-state index in [-0.39, 0.29) is 5.57 Å². The van der Waals surface area contributed by atoms with Gasteiger partial charge in [0.25, 0.3) is 0 Å². The minimum atomic E-state index is -1.01. The maximum Gasteiger partial charge on any atom is 0.336 e. The molecular formula is C18H17Cl2NO2. The van der Waals surface area contributed by atoms with Crippen LogP contribution in [-0.4, -0.2) is 16.1 Å². The molecule has 1 aromatic heterocycles. The molecule has 0 spiro atoms. The van der Waals surface area contributed by atoms with Crippen LogP contribution in [0.5, 0.6) is 0 Å². The van der Waals surface area contributed by atoms with Crippen LogP contribution in [0.3, 0.4) is 0 Å². The van der Waals surface area contributed by atoms with E-state index in [9.17, 15) is 9.90 Å². The van der Waals surface area contributed by atoms with Crippen molar-refractivity contribution in [1.82, 2.24) is 4.98 Å². The van der Waals surface area contributed by atoms with Gasteiger partial charge in [-0.15, -0.1) is 0 Å². The van der Waals surface area contributed by atoms with E-state index in [4.69, 9.17) is 23.2 Å². The molecule has 0 fully saturated rings. The largest absolute Gasteiger partial charge is 0.478 e. The van der Waals surface area contributed by atoms with Crippen LogP contribution in [0, 0.1) is 0 Å². The van der Waals surface area contributed by atoms with Gasteiger partial charge >= 0.3 is 5.97 Å². The van der Waals surface area contributed by atoms with Gasteiger partial charge in [-0.25, -0.2) is 4.79 Å². The summed E-state index contributed by atoms with van der Waals surface area (Å²) in [4.78, 5) is 16.0. The second-order valence-corrected chi connectivity index (χ2v) is 5.97. The van der Waals surface area contributed by atoms with Gasteiger partial charge in [-0.1, -0.05) is 48.7 Å². The molecule has 0 atom stereocenters. The minimum Gasteiger partial charge on any atom is -0.478 e. The molecule has 1 heterocycles. The third-order valence-corrected chi connectivity index (χ3v) is 4.05. The lowest BCUT2D eigenvalue weighted by Gasteiger charge is -2.14. The van der Waals surface area contributed by atoms with E-state index < -0.39 is 5.97 Å². The molecule has 23 heavy (non-hydrogen) atoms. The summed E-state index contributed by atoms with van der Waals surface area (Å²) in [7, 11) is 0. The molecule has 2 aromatic rings. The van der Waals surface area contributed by atoms with Crippen molar-refractivity contribution in [2.45, 2.75) is 26.2 Å². The molecule has 0 aliphatic rings. The number of carboxylic acid groups (broad SMARTS) is 1.